The van der Waals surface area contributed by atoms with Gasteiger partial charge in [0.05, 0.1) is 25.3 Å². The first kappa shape index (κ1) is 17.9. The van der Waals surface area contributed by atoms with Gasteiger partial charge in [0.15, 0.2) is 6.20 Å². The molecule has 1 N–H and O–H groups in total. The molecular formula is C17H16BN3O5. The highest BCUT2D eigenvalue weighted by Gasteiger charge is 2.38. The second kappa shape index (κ2) is 7.51. The van der Waals surface area contributed by atoms with Gasteiger partial charge in [-0.1, -0.05) is 6.57 Å². The van der Waals surface area contributed by atoms with Crippen molar-refractivity contribution in [3.8, 4) is 11.6 Å². The van der Waals surface area contributed by atoms with E-state index in [0.29, 0.717) is 17.8 Å². The average molecular weight is 353 g/mol. The largest absolute Gasteiger partial charge is 0.492 e. The van der Waals surface area contributed by atoms with E-state index in [1.165, 1.54) is 12.4 Å². The minimum Gasteiger partial charge on any atom is -0.466 e. The highest BCUT2D eigenvalue weighted by molar-refractivity contribution is 6.62. The van der Waals surface area contributed by atoms with Gasteiger partial charge in [0.2, 0.25) is 0 Å². The van der Waals surface area contributed by atoms with Gasteiger partial charge in [-0.05, 0) is 42.6 Å². The molecule has 1 atom stereocenters. The second-order valence-electron chi connectivity index (χ2n) is 5.66. The number of carbonyl (C=O) groups is 1. The first-order chi connectivity index (χ1) is 12.5. The molecule has 0 fully saturated rings. The molecule has 1 aromatic carbocycles. The van der Waals surface area contributed by atoms with E-state index in [1.54, 1.807) is 19.1 Å². The Bertz CT molecular complexity index is 866. The Balaban J connectivity index is 1.83. The molecule has 2 heterocycles. The van der Waals surface area contributed by atoms with Crippen LogP contribution in [0.4, 0.5) is 5.82 Å². The lowest BCUT2D eigenvalue weighted by Gasteiger charge is -2.14. The Kier molecular flexibility index (Phi) is 5.16. The smallest absolute Gasteiger partial charge is 0.466 e. The summed E-state index contributed by atoms with van der Waals surface area (Å²) < 4.78 is 16.1. The van der Waals surface area contributed by atoms with Crippen molar-refractivity contribution in [2.24, 2.45) is 0 Å². The van der Waals surface area contributed by atoms with Gasteiger partial charge in [0.25, 0.3) is 11.7 Å². The summed E-state index contributed by atoms with van der Waals surface area (Å²) >= 11 is 0. The predicted molar refractivity (Wildman–Crippen MR) is 92.2 cm³/mol. The molecule has 26 heavy (non-hydrogen) atoms. The predicted octanol–water partition coefficient (Wildman–Crippen LogP) is 1.84. The van der Waals surface area contributed by atoms with Gasteiger partial charge in [-0.25, -0.2) is 4.98 Å². The van der Waals surface area contributed by atoms with Gasteiger partial charge in [-0.2, -0.15) is 0 Å². The summed E-state index contributed by atoms with van der Waals surface area (Å²) in [4.78, 5) is 22.8. The van der Waals surface area contributed by atoms with Gasteiger partial charge in [0.1, 0.15) is 5.75 Å². The fraction of sp³-hybridized carbons (Fsp3) is 0.294. The van der Waals surface area contributed by atoms with Crippen molar-refractivity contribution in [3.63, 3.8) is 0 Å². The van der Waals surface area contributed by atoms with Crippen LogP contribution in [-0.2, 0) is 14.2 Å². The summed E-state index contributed by atoms with van der Waals surface area (Å²) in [5, 5.41) is 10.2. The van der Waals surface area contributed by atoms with Crippen LogP contribution in [0.5, 0.6) is 11.6 Å². The number of carbonyl (C=O) groups excluding carboxylic acids is 1. The Morgan fingerprint density at radius 3 is 2.88 bits per heavy atom. The molecule has 1 unspecified atom stereocenters. The lowest BCUT2D eigenvalue weighted by molar-refractivity contribution is -0.145. The van der Waals surface area contributed by atoms with E-state index in [2.05, 4.69) is 14.8 Å². The SMILES string of the molecule is [C-]#[N+]c1cnc(Oc2cc(C)c3c(c2)B(O)OC3CC(=O)OCC)cn1. The van der Waals surface area contributed by atoms with Crippen molar-refractivity contribution in [1.29, 1.82) is 0 Å². The van der Waals surface area contributed by atoms with Gasteiger partial charge >= 0.3 is 13.1 Å². The molecular weight excluding hydrogens is 337 g/mol. The first-order valence-corrected chi connectivity index (χ1v) is 8.02. The first-order valence-electron chi connectivity index (χ1n) is 8.02. The van der Waals surface area contributed by atoms with Gasteiger partial charge in [-0.15, -0.1) is 4.98 Å². The molecule has 0 saturated heterocycles. The average Bonchev–Trinajstić information content (AvgIpc) is 2.92. The van der Waals surface area contributed by atoms with Crippen LogP contribution < -0.4 is 10.2 Å². The van der Waals surface area contributed by atoms with Crippen LogP contribution in [0.25, 0.3) is 4.85 Å². The minimum absolute atomic E-state index is 0.0303. The number of aryl methyl sites for hydroxylation is 1. The molecule has 8 nitrogen and oxygen atoms in total. The number of fused-ring (bicyclic) bond motifs is 1. The van der Waals surface area contributed by atoms with E-state index in [9.17, 15) is 9.82 Å². The summed E-state index contributed by atoms with van der Waals surface area (Å²) in [5.74, 6) is 0.472. The molecule has 0 aliphatic carbocycles. The van der Waals surface area contributed by atoms with Crippen molar-refractivity contribution in [1.82, 2.24) is 9.97 Å². The Labute approximate surface area is 150 Å². The number of rotatable bonds is 5. The molecule has 3 rings (SSSR count). The molecule has 9 heteroatoms. The third kappa shape index (κ3) is 3.66. The quantitative estimate of drug-likeness (QED) is 0.498. The van der Waals surface area contributed by atoms with Crippen LogP contribution in [0.3, 0.4) is 0 Å². The molecule has 0 radical (unpaired) electrons. The van der Waals surface area contributed by atoms with Crippen LogP contribution in [0.2, 0.25) is 0 Å². The molecule has 2 aromatic rings. The lowest BCUT2D eigenvalue weighted by Crippen LogP contribution is -2.28. The number of aromatic nitrogens is 2. The topological polar surface area (TPSA) is 95.1 Å². The van der Waals surface area contributed by atoms with Crippen molar-refractivity contribution < 1.29 is 23.9 Å². The third-order valence-electron chi connectivity index (χ3n) is 3.88. The molecule has 0 amide bonds. The van der Waals surface area contributed by atoms with Crippen LogP contribution in [0, 0.1) is 13.5 Å². The number of hydrogen-bond acceptors (Lipinski definition) is 7. The fourth-order valence-electron chi connectivity index (χ4n) is 2.85. The van der Waals surface area contributed by atoms with E-state index in [0.717, 1.165) is 11.1 Å². The second-order valence-corrected chi connectivity index (χ2v) is 5.66. The number of benzene rings is 1. The summed E-state index contributed by atoms with van der Waals surface area (Å²) in [5.41, 5.74) is 2.11. The zero-order valence-electron chi connectivity index (χ0n) is 14.3. The third-order valence-corrected chi connectivity index (χ3v) is 3.88. The monoisotopic (exact) mass is 353 g/mol. The summed E-state index contributed by atoms with van der Waals surface area (Å²) in [6.45, 7) is 10.7. The number of hydrogen-bond donors (Lipinski definition) is 1. The fourth-order valence-corrected chi connectivity index (χ4v) is 2.85. The summed E-state index contributed by atoms with van der Waals surface area (Å²) in [6, 6.07) is 3.41. The lowest BCUT2D eigenvalue weighted by atomic mass is 9.77. The molecule has 132 valence electrons. The number of esters is 1. The Hall–Kier alpha value is -2.96. The maximum Gasteiger partial charge on any atom is 0.492 e. The molecule has 0 spiro atoms. The molecule has 1 aromatic heterocycles. The van der Waals surface area contributed by atoms with Crippen LogP contribution in [-0.4, -0.2) is 34.7 Å². The van der Waals surface area contributed by atoms with E-state index >= 15 is 0 Å². The van der Waals surface area contributed by atoms with E-state index in [4.69, 9.17) is 20.7 Å². The molecule has 0 bridgehead atoms. The van der Waals surface area contributed by atoms with Crippen LogP contribution >= 0.6 is 0 Å². The van der Waals surface area contributed by atoms with Gasteiger partial charge in [0, 0.05) is 0 Å². The van der Waals surface area contributed by atoms with Gasteiger partial charge in [-0.3, -0.25) is 4.79 Å². The maximum absolute atomic E-state index is 11.7. The maximum atomic E-state index is 11.7. The molecule has 1 aliphatic heterocycles. The van der Waals surface area contributed by atoms with E-state index in [1.807, 2.05) is 6.92 Å². The van der Waals surface area contributed by atoms with Crippen LogP contribution in [0.1, 0.15) is 30.6 Å². The summed E-state index contributed by atoms with van der Waals surface area (Å²) in [7, 11) is -1.15. The van der Waals surface area contributed by atoms with E-state index in [-0.39, 0.29) is 24.1 Å². The van der Waals surface area contributed by atoms with Crippen molar-refractivity contribution in [2.75, 3.05) is 6.61 Å². The minimum atomic E-state index is -1.15. The van der Waals surface area contributed by atoms with Crippen molar-refractivity contribution in [3.05, 3.63) is 47.1 Å². The van der Waals surface area contributed by atoms with Crippen molar-refractivity contribution >= 4 is 24.4 Å². The summed E-state index contributed by atoms with van der Waals surface area (Å²) in [6.07, 6.45) is 2.14. The highest BCUT2D eigenvalue weighted by atomic mass is 16.5. The zero-order valence-corrected chi connectivity index (χ0v) is 14.3. The normalized spacial score (nSPS) is 15.3. The molecule has 0 saturated carbocycles. The molecule has 1 aliphatic rings. The van der Waals surface area contributed by atoms with Crippen LogP contribution in [0.15, 0.2) is 24.5 Å². The number of nitrogens with zero attached hydrogens (tertiary/aromatic N) is 3. The Morgan fingerprint density at radius 1 is 1.42 bits per heavy atom. The Morgan fingerprint density at radius 2 is 2.23 bits per heavy atom. The number of ether oxygens (including phenoxy) is 2. The zero-order chi connectivity index (χ0) is 18.7. The highest BCUT2D eigenvalue weighted by Crippen LogP contribution is 2.33. The van der Waals surface area contributed by atoms with Crippen molar-refractivity contribution in [2.45, 2.75) is 26.4 Å². The van der Waals surface area contributed by atoms with E-state index < -0.39 is 13.2 Å². The van der Waals surface area contributed by atoms with Gasteiger partial charge < -0.3 is 24.0 Å². The standard InChI is InChI=1S/C17H16BN3O5/c1-4-24-16(22)7-13-17-10(2)5-11(6-12(17)18(23)26-13)25-15-9-20-14(19-3)8-21-15/h5-6,8-9,13,23H,4,7H2,1-2H3.